The van der Waals surface area contributed by atoms with E-state index >= 15 is 0 Å². The van der Waals surface area contributed by atoms with Gasteiger partial charge in [0.05, 0.1) is 10.5 Å². The molecule has 0 atom stereocenters. The fraction of sp³-hybridized carbons (Fsp3) is 0.357. The zero-order valence-corrected chi connectivity index (χ0v) is 12.6. The summed E-state index contributed by atoms with van der Waals surface area (Å²) in [7, 11) is 0. The molecule has 0 saturated carbocycles. The predicted molar refractivity (Wildman–Crippen MR) is 76.6 cm³/mol. The van der Waals surface area contributed by atoms with E-state index in [0.717, 1.165) is 16.9 Å². The molecule has 0 aliphatic carbocycles. The summed E-state index contributed by atoms with van der Waals surface area (Å²) in [6, 6.07) is 5.67. The van der Waals surface area contributed by atoms with Gasteiger partial charge in [0.2, 0.25) is 5.13 Å². The highest BCUT2D eigenvalue weighted by Gasteiger charge is 2.16. The summed E-state index contributed by atoms with van der Waals surface area (Å²) in [5, 5.41) is 0.213. The molecule has 5 heteroatoms. The van der Waals surface area contributed by atoms with E-state index in [-0.39, 0.29) is 17.2 Å². The largest absolute Gasteiger partial charge is 0.486 e. The van der Waals surface area contributed by atoms with E-state index in [1.54, 1.807) is 0 Å². The van der Waals surface area contributed by atoms with Crippen LogP contribution in [0.3, 0.4) is 0 Å². The Labute approximate surface area is 121 Å². The number of rotatable bonds is 3. The van der Waals surface area contributed by atoms with Gasteiger partial charge in [-0.1, -0.05) is 49.8 Å². The SMILES string of the molecule is CC(C)(C)c1ccc(OCc2ncsc2F)c(Cl)c1. The van der Waals surface area contributed by atoms with Gasteiger partial charge in [0.25, 0.3) is 0 Å². The second-order valence-electron chi connectivity index (χ2n) is 5.26. The normalized spacial score (nSPS) is 11.6. The quantitative estimate of drug-likeness (QED) is 0.811. The van der Waals surface area contributed by atoms with Crippen molar-refractivity contribution in [3.05, 3.63) is 45.1 Å². The Morgan fingerprint density at radius 1 is 1.37 bits per heavy atom. The van der Waals surface area contributed by atoms with Crippen LogP contribution in [0.15, 0.2) is 23.7 Å². The molecule has 0 aliphatic heterocycles. The standard InChI is InChI=1S/C14H15ClFNOS/c1-14(2,3)9-4-5-12(10(15)6-9)18-7-11-13(16)19-8-17-11/h4-6,8H,7H2,1-3H3. The second-order valence-corrected chi connectivity index (χ2v) is 6.47. The number of hydrogen-bond acceptors (Lipinski definition) is 3. The molecular formula is C14H15ClFNOS. The van der Waals surface area contributed by atoms with Crippen molar-refractivity contribution in [1.29, 1.82) is 0 Å². The highest BCUT2D eigenvalue weighted by Crippen LogP contribution is 2.31. The first kappa shape index (κ1) is 14.3. The van der Waals surface area contributed by atoms with Gasteiger partial charge in [-0.05, 0) is 23.1 Å². The first-order valence-electron chi connectivity index (χ1n) is 5.88. The van der Waals surface area contributed by atoms with Crippen LogP contribution in [0.25, 0.3) is 0 Å². The van der Waals surface area contributed by atoms with E-state index in [1.807, 2.05) is 18.2 Å². The number of ether oxygens (including phenoxy) is 1. The van der Waals surface area contributed by atoms with Crippen LogP contribution in [0, 0.1) is 5.13 Å². The van der Waals surface area contributed by atoms with Crippen molar-refractivity contribution in [3.8, 4) is 5.75 Å². The van der Waals surface area contributed by atoms with E-state index < -0.39 is 0 Å². The molecule has 1 aromatic carbocycles. The Bertz CT molecular complexity index is 577. The van der Waals surface area contributed by atoms with Crippen LogP contribution in [0.2, 0.25) is 5.02 Å². The molecular weight excluding hydrogens is 285 g/mol. The van der Waals surface area contributed by atoms with Crippen LogP contribution >= 0.6 is 22.9 Å². The van der Waals surface area contributed by atoms with Gasteiger partial charge in [-0.25, -0.2) is 4.98 Å². The highest BCUT2D eigenvalue weighted by molar-refractivity contribution is 7.08. The molecule has 2 rings (SSSR count). The Morgan fingerprint density at radius 2 is 2.11 bits per heavy atom. The molecule has 19 heavy (non-hydrogen) atoms. The molecule has 1 heterocycles. The maximum absolute atomic E-state index is 13.2. The molecule has 1 aromatic heterocycles. The van der Waals surface area contributed by atoms with E-state index in [9.17, 15) is 4.39 Å². The van der Waals surface area contributed by atoms with E-state index in [1.165, 1.54) is 5.51 Å². The fourth-order valence-corrected chi connectivity index (χ4v) is 2.33. The molecule has 2 nitrogen and oxygen atoms in total. The Morgan fingerprint density at radius 3 is 2.63 bits per heavy atom. The molecule has 0 radical (unpaired) electrons. The molecule has 2 aromatic rings. The minimum atomic E-state index is -0.317. The van der Waals surface area contributed by atoms with Crippen LogP contribution in [0.5, 0.6) is 5.75 Å². The molecule has 0 amide bonds. The lowest BCUT2D eigenvalue weighted by molar-refractivity contribution is 0.296. The van der Waals surface area contributed by atoms with E-state index in [0.29, 0.717) is 16.5 Å². The Kier molecular flexibility index (Phi) is 4.11. The Balaban J connectivity index is 2.12. The zero-order valence-electron chi connectivity index (χ0n) is 11.0. The van der Waals surface area contributed by atoms with Gasteiger partial charge in [0.1, 0.15) is 18.1 Å². The third kappa shape index (κ3) is 3.45. The van der Waals surface area contributed by atoms with Crippen molar-refractivity contribution in [3.63, 3.8) is 0 Å². The van der Waals surface area contributed by atoms with Gasteiger partial charge in [-0.3, -0.25) is 0 Å². The summed E-state index contributed by atoms with van der Waals surface area (Å²) in [5.41, 5.74) is 2.92. The zero-order chi connectivity index (χ0) is 14.0. The minimum Gasteiger partial charge on any atom is -0.486 e. The summed E-state index contributed by atoms with van der Waals surface area (Å²) in [4.78, 5) is 3.89. The maximum Gasteiger partial charge on any atom is 0.202 e. The summed E-state index contributed by atoms with van der Waals surface area (Å²) in [5.74, 6) is 0.544. The third-order valence-corrected chi connectivity index (χ3v) is 3.70. The summed E-state index contributed by atoms with van der Waals surface area (Å²) in [6.07, 6.45) is 0. The molecule has 0 N–H and O–H groups in total. The lowest BCUT2D eigenvalue weighted by atomic mass is 9.87. The van der Waals surface area contributed by atoms with Crippen molar-refractivity contribution in [1.82, 2.24) is 4.98 Å². The average Bonchev–Trinajstić information content (AvgIpc) is 2.72. The van der Waals surface area contributed by atoms with Crippen LogP contribution < -0.4 is 4.74 Å². The number of nitrogens with zero attached hydrogens (tertiary/aromatic N) is 1. The number of thiazole rings is 1. The fourth-order valence-electron chi connectivity index (χ4n) is 1.58. The topological polar surface area (TPSA) is 22.1 Å². The molecule has 0 aliphatic rings. The van der Waals surface area contributed by atoms with Gasteiger partial charge < -0.3 is 4.74 Å². The van der Waals surface area contributed by atoms with Gasteiger partial charge in [-0.15, -0.1) is 0 Å². The minimum absolute atomic E-state index is 0.0309. The van der Waals surface area contributed by atoms with Crippen molar-refractivity contribution in [2.45, 2.75) is 32.8 Å². The molecule has 0 fully saturated rings. The van der Waals surface area contributed by atoms with Gasteiger partial charge in [0, 0.05) is 0 Å². The average molecular weight is 300 g/mol. The third-order valence-electron chi connectivity index (χ3n) is 2.75. The van der Waals surface area contributed by atoms with E-state index in [2.05, 4.69) is 25.8 Å². The number of halogens is 2. The van der Waals surface area contributed by atoms with Crippen molar-refractivity contribution in [2.75, 3.05) is 0 Å². The lowest BCUT2D eigenvalue weighted by Crippen LogP contribution is -2.11. The van der Waals surface area contributed by atoms with Crippen LogP contribution in [-0.2, 0) is 12.0 Å². The van der Waals surface area contributed by atoms with Crippen LogP contribution in [0.4, 0.5) is 4.39 Å². The van der Waals surface area contributed by atoms with Crippen LogP contribution in [-0.4, -0.2) is 4.98 Å². The first-order valence-corrected chi connectivity index (χ1v) is 7.14. The summed E-state index contributed by atoms with van der Waals surface area (Å²) in [6.45, 7) is 6.43. The summed E-state index contributed by atoms with van der Waals surface area (Å²) >= 11 is 7.14. The van der Waals surface area contributed by atoms with Crippen molar-refractivity contribution in [2.24, 2.45) is 0 Å². The number of hydrogen-bond donors (Lipinski definition) is 0. The lowest BCUT2D eigenvalue weighted by Gasteiger charge is -2.20. The molecule has 0 bridgehead atoms. The number of benzene rings is 1. The molecule has 0 saturated heterocycles. The van der Waals surface area contributed by atoms with Gasteiger partial charge >= 0.3 is 0 Å². The Hall–Kier alpha value is -1.13. The van der Waals surface area contributed by atoms with E-state index in [4.69, 9.17) is 16.3 Å². The predicted octanol–water partition coefficient (Wildman–Crippen LogP) is 4.81. The summed E-state index contributed by atoms with van der Waals surface area (Å²) < 4.78 is 18.7. The van der Waals surface area contributed by atoms with Crippen molar-refractivity contribution >= 4 is 22.9 Å². The van der Waals surface area contributed by atoms with Gasteiger partial charge in [-0.2, -0.15) is 4.39 Å². The van der Waals surface area contributed by atoms with Crippen LogP contribution in [0.1, 0.15) is 32.0 Å². The smallest absolute Gasteiger partial charge is 0.202 e. The second kappa shape index (κ2) is 5.47. The van der Waals surface area contributed by atoms with Crippen molar-refractivity contribution < 1.29 is 9.13 Å². The maximum atomic E-state index is 13.2. The highest BCUT2D eigenvalue weighted by atomic mass is 35.5. The molecule has 0 unspecified atom stereocenters. The first-order chi connectivity index (χ1) is 8.88. The molecule has 102 valence electrons. The monoisotopic (exact) mass is 299 g/mol. The number of aromatic nitrogens is 1. The molecule has 0 spiro atoms. The van der Waals surface area contributed by atoms with Gasteiger partial charge in [0.15, 0.2) is 0 Å².